The van der Waals surface area contributed by atoms with Crippen molar-refractivity contribution in [2.24, 2.45) is 0 Å². The van der Waals surface area contributed by atoms with E-state index in [0.717, 1.165) is 31.5 Å². The zero-order valence-corrected chi connectivity index (χ0v) is 16.2. The summed E-state index contributed by atoms with van der Waals surface area (Å²) in [6.45, 7) is 2.42. The summed E-state index contributed by atoms with van der Waals surface area (Å²) in [7, 11) is 3.15. The zero-order chi connectivity index (χ0) is 19.7. The Balaban J connectivity index is 1.58. The van der Waals surface area contributed by atoms with Gasteiger partial charge in [0.2, 0.25) is 0 Å². The van der Waals surface area contributed by atoms with Crippen molar-refractivity contribution in [3.05, 3.63) is 41.2 Å². The van der Waals surface area contributed by atoms with Gasteiger partial charge in [0.05, 0.1) is 33.4 Å². The van der Waals surface area contributed by atoms with Crippen molar-refractivity contribution in [3.63, 3.8) is 0 Å². The van der Waals surface area contributed by atoms with Crippen LogP contribution in [0.3, 0.4) is 0 Å². The van der Waals surface area contributed by atoms with E-state index in [1.165, 1.54) is 0 Å². The van der Waals surface area contributed by atoms with E-state index >= 15 is 0 Å². The summed E-state index contributed by atoms with van der Waals surface area (Å²) in [5.41, 5.74) is 1.85. The minimum atomic E-state index is -0.845. The van der Waals surface area contributed by atoms with Crippen LogP contribution < -0.4 is 14.8 Å². The van der Waals surface area contributed by atoms with Gasteiger partial charge in [-0.1, -0.05) is 0 Å². The van der Waals surface area contributed by atoms with E-state index in [1.54, 1.807) is 37.3 Å². The van der Waals surface area contributed by atoms with Crippen LogP contribution in [-0.4, -0.2) is 59.5 Å². The van der Waals surface area contributed by atoms with E-state index < -0.39 is 6.10 Å². The van der Waals surface area contributed by atoms with Crippen LogP contribution in [0.25, 0.3) is 0 Å². The molecule has 2 atom stereocenters. The number of fused-ring (bicyclic) bond motifs is 1. The molecule has 150 valence electrons. The third kappa shape index (κ3) is 3.33. The molecule has 1 aromatic carbocycles. The lowest BCUT2D eigenvalue weighted by molar-refractivity contribution is 0.0532. The van der Waals surface area contributed by atoms with E-state index in [0.29, 0.717) is 29.3 Å². The highest BCUT2D eigenvalue weighted by atomic mass is 16.5. The second kappa shape index (κ2) is 7.81. The fraction of sp³-hybridized carbons (Fsp3) is 0.500. The average molecular weight is 386 g/mol. The number of β-amino-alcohol motifs (C(OH)–C–C–N with tert-alkyl or cyclic N) is 1. The van der Waals surface area contributed by atoms with Gasteiger partial charge in [0, 0.05) is 23.9 Å². The maximum Gasteiger partial charge on any atom is 0.274 e. The number of carbonyl (C=O) groups is 1. The molecule has 1 aromatic heterocycles. The first kappa shape index (κ1) is 18.8. The first-order valence-electron chi connectivity index (χ1n) is 9.59. The lowest BCUT2D eigenvalue weighted by Crippen LogP contribution is -2.39. The number of aliphatic hydroxyl groups is 1. The number of ether oxygens (including phenoxy) is 2. The molecule has 28 heavy (non-hydrogen) atoms. The summed E-state index contributed by atoms with van der Waals surface area (Å²) in [5.74, 6) is 1.03. The van der Waals surface area contributed by atoms with Crippen molar-refractivity contribution >= 4 is 5.91 Å². The minimum absolute atomic E-state index is 0.188. The Morgan fingerprint density at radius 3 is 2.75 bits per heavy atom. The van der Waals surface area contributed by atoms with Crippen molar-refractivity contribution < 1.29 is 19.4 Å². The number of benzene rings is 1. The van der Waals surface area contributed by atoms with Crippen LogP contribution >= 0.6 is 0 Å². The first-order valence-corrected chi connectivity index (χ1v) is 9.59. The van der Waals surface area contributed by atoms with Crippen LogP contribution in [0.4, 0.5) is 0 Å². The van der Waals surface area contributed by atoms with Crippen LogP contribution in [0.1, 0.15) is 46.6 Å². The molecule has 2 N–H and O–H groups in total. The average Bonchev–Trinajstić information content (AvgIpc) is 3.23. The number of aliphatic hydroxyl groups excluding tert-OH is 1. The van der Waals surface area contributed by atoms with Crippen molar-refractivity contribution in [2.75, 3.05) is 33.9 Å². The molecule has 3 heterocycles. The smallest absolute Gasteiger partial charge is 0.274 e. The number of piperidine rings is 1. The third-order valence-corrected chi connectivity index (χ3v) is 5.55. The molecular formula is C20H26N4O4. The summed E-state index contributed by atoms with van der Waals surface area (Å²) in [5, 5.41) is 18.6. The topological polar surface area (TPSA) is 88.9 Å². The number of hydrogen-bond donors (Lipinski definition) is 2. The Hall–Kier alpha value is -2.58. The van der Waals surface area contributed by atoms with Gasteiger partial charge in [-0.3, -0.25) is 9.48 Å². The zero-order valence-electron chi connectivity index (χ0n) is 16.2. The molecule has 2 aliphatic rings. The molecule has 2 aromatic rings. The second-order valence-corrected chi connectivity index (χ2v) is 7.24. The molecule has 8 nitrogen and oxygen atoms in total. The van der Waals surface area contributed by atoms with E-state index in [1.807, 2.05) is 10.9 Å². The number of methoxy groups -OCH3 is 2. The minimum Gasteiger partial charge on any atom is -0.496 e. The molecule has 1 amide bonds. The summed E-state index contributed by atoms with van der Waals surface area (Å²) >= 11 is 0. The molecule has 8 heteroatoms. The number of amides is 1. The predicted octanol–water partition coefficient (Wildman–Crippen LogP) is 1.51. The lowest BCUT2D eigenvalue weighted by atomic mass is 9.95. The fourth-order valence-corrected chi connectivity index (χ4v) is 4.11. The molecule has 0 aliphatic carbocycles. The standard InChI is InChI=1S/C20H26N4O4/c1-27-17-5-6-18(28-2)19-14(17)11-23(12-16(19)25)20(26)15-7-9-24(22-15)13-4-3-8-21-10-13/h5-7,9,13,16,21,25H,3-4,8,10-12H2,1-2H3. The number of rotatable bonds is 4. The fourth-order valence-electron chi connectivity index (χ4n) is 4.11. The van der Waals surface area contributed by atoms with Gasteiger partial charge in [-0.15, -0.1) is 0 Å². The van der Waals surface area contributed by atoms with Gasteiger partial charge in [0.25, 0.3) is 5.91 Å². The van der Waals surface area contributed by atoms with Crippen LogP contribution in [0.15, 0.2) is 24.4 Å². The quantitative estimate of drug-likeness (QED) is 0.828. The Kier molecular flexibility index (Phi) is 5.23. The van der Waals surface area contributed by atoms with Crippen LogP contribution in [0.5, 0.6) is 11.5 Å². The predicted molar refractivity (Wildman–Crippen MR) is 103 cm³/mol. The van der Waals surface area contributed by atoms with Crippen LogP contribution in [0.2, 0.25) is 0 Å². The molecule has 2 aliphatic heterocycles. The van der Waals surface area contributed by atoms with Gasteiger partial charge in [-0.05, 0) is 37.6 Å². The van der Waals surface area contributed by atoms with Gasteiger partial charge in [0.15, 0.2) is 0 Å². The monoisotopic (exact) mass is 386 g/mol. The highest BCUT2D eigenvalue weighted by Gasteiger charge is 2.33. The highest BCUT2D eigenvalue weighted by molar-refractivity contribution is 5.92. The molecule has 1 saturated heterocycles. The van der Waals surface area contributed by atoms with E-state index in [-0.39, 0.29) is 18.5 Å². The van der Waals surface area contributed by atoms with Gasteiger partial charge < -0.3 is 24.8 Å². The molecule has 0 bridgehead atoms. The Labute approximate surface area is 164 Å². The van der Waals surface area contributed by atoms with Gasteiger partial charge in [-0.25, -0.2) is 0 Å². The number of hydrogen-bond acceptors (Lipinski definition) is 6. The highest BCUT2D eigenvalue weighted by Crippen LogP contribution is 2.39. The van der Waals surface area contributed by atoms with Crippen molar-refractivity contribution in [1.29, 1.82) is 0 Å². The van der Waals surface area contributed by atoms with Gasteiger partial charge in [-0.2, -0.15) is 5.10 Å². The van der Waals surface area contributed by atoms with Crippen molar-refractivity contribution in [1.82, 2.24) is 20.0 Å². The second-order valence-electron chi connectivity index (χ2n) is 7.24. The normalized spacial score (nSPS) is 21.9. The summed E-state index contributed by atoms with van der Waals surface area (Å²) in [4.78, 5) is 14.7. The Morgan fingerprint density at radius 1 is 1.25 bits per heavy atom. The molecule has 0 saturated carbocycles. The molecule has 2 unspecified atom stereocenters. The molecule has 0 radical (unpaired) electrons. The summed E-state index contributed by atoms with van der Waals surface area (Å²) < 4.78 is 12.7. The maximum atomic E-state index is 13.1. The van der Waals surface area contributed by atoms with Crippen molar-refractivity contribution in [2.45, 2.75) is 31.5 Å². The molecule has 0 spiro atoms. The largest absolute Gasteiger partial charge is 0.496 e. The van der Waals surface area contributed by atoms with E-state index in [2.05, 4.69) is 10.4 Å². The maximum absolute atomic E-state index is 13.1. The number of nitrogens with one attached hydrogen (secondary N) is 1. The number of nitrogens with zero attached hydrogens (tertiary/aromatic N) is 3. The lowest BCUT2D eigenvalue weighted by Gasteiger charge is -2.33. The Bertz CT molecular complexity index is 860. The van der Waals surface area contributed by atoms with Gasteiger partial charge >= 0.3 is 0 Å². The van der Waals surface area contributed by atoms with E-state index in [9.17, 15) is 9.90 Å². The summed E-state index contributed by atoms with van der Waals surface area (Å²) in [6, 6.07) is 5.59. The third-order valence-electron chi connectivity index (χ3n) is 5.55. The van der Waals surface area contributed by atoms with E-state index in [4.69, 9.17) is 9.47 Å². The SMILES string of the molecule is COc1ccc(OC)c2c1CN(C(=O)c1ccn(C3CCCNC3)n1)CC2O. The van der Waals surface area contributed by atoms with Crippen molar-refractivity contribution in [3.8, 4) is 11.5 Å². The number of aromatic nitrogens is 2. The van der Waals surface area contributed by atoms with Gasteiger partial charge in [0.1, 0.15) is 23.3 Å². The first-order chi connectivity index (χ1) is 13.6. The van der Waals surface area contributed by atoms with Crippen LogP contribution in [-0.2, 0) is 6.54 Å². The molecule has 1 fully saturated rings. The number of carbonyl (C=O) groups excluding carboxylic acids is 1. The molecule has 4 rings (SSSR count). The van der Waals surface area contributed by atoms with Crippen LogP contribution in [0, 0.1) is 0 Å². The summed E-state index contributed by atoms with van der Waals surface area (Å²) in [6.07, 6.45) is 3.17. The Morgan fingerprint density at radius 2 is 2.04 bits per heavy atom. The molecular weight excluding hydrogens is 360 g/mol.